The number of benzene rings is 2. The standard InChI is InChI=1S/C18H18Cl2N2O2.ClH/c19-16-3-1-2-13(17(16)20)14-10-15(14)18(23)22-11-4-6-12(7-5-11)24-9-8-21;/h1-7,14-15H,8-10,21H2,(H,22,23);1H. The van der Waals surface area contributed by atoms with Gasteiger partial charge in [-0.1, -0.05) is 35.3 Å². The zero-order valence-electron chi connectivity index (χ0n) is 13.4. The van der Waals surface area contributed by atoms with Crippen LogP contribution in [0, 0.1) is 5.92 Å². The third kappa shape index (κ3) is 4.79. The quantitative estimate of drug-likeness (QED) is 0.749. The Labute approximate surface area is 163 Å². The number of nitrogens with two attached hydrogens (primary N) is 1. The molecule has 0 heterocycles. The van der Waals surface area contributed by atoms with Crippen molar-refractivity contribution in [1.82, 2.24) is 0 Å². The zero-order valence-corrected chi connectivity index (χ0v) is 15.7. The predicted molar refractivity (Wildman–Crippen MR) is 104 cm³/mol. The van der Waals surface area contributed by atoms with Crippen molar-refractivity contribution in [2.45, 2.75) is 12.3 Å². The molecule has 3 rings (SSSR count). The van der Waals surface area contributed by atoms with Gasteiger partial charge in [0.1, 0.15) is 12.4 Å². The lowest BCUT2D eigenvalue weighted by molar-refractivity contribution is -0.117. The van der Waals surface area contributed by atoms with Gasteiger partial charge in [-0.2, -0.15) is 0 Å². The summed E-state index contributed by atoms with van der Waals surface area (Å²) in [4.78, 5) is 12.4. The molecule has 1 aliphatic carbocycles. The normalized spacial score (nSPS) is 18.2. The van der Waals surface area contributed by atoms with Crippen LogP contribution in [0.2, 0.25) is 10.0 Å². The summed E-state index contributed by atoms with van der Waals surface area (Å²) in [6.45, 7) is 0.934. The van der Waals surface area contributed by atoms with Crippen LogP contribution in [0.1, 0.15) is 17.9 Å². The molecular weight excluding hydrogens is 383 g/mol. The SMILES string of the molecule is Cl.NCCOc1ccc(NC(=O)C2CC2c2cccc(Cl)c2Cl)cc1. The van der Waals surface area contributed by atoms with Crippen molar-refractivity contribution in [2.24, 2.45) is 11.7 Å². The highest BCUT2D eigenvalue weighted by Crippen LogP contribution is 2.51. The summed E-state index contributed by atoms with van der Waals surface area (Å²) in [6.07, 6.45) is 0.781. The van der Waals surface area contributed by atoms with Crippen LogP contribution in [-0.4, -0.2) is 19.1 Å². The van der Waals surface area contributed by atoms with Gasteiger partial charge in [0.25, 0.3) is 0 Å². The molecule has 0 saturated heterocycles. The van der Waals surface area contributed by atoms with Gasteiger partial charge in [-0.05, 0) is 48.2 Å². The first-order valence-corrected chi connectivity index (χ1v) is 8.53. The van der Waals surface area contributed by atoms with E-state index in [1.54, 1.807) is 6.07 Å². The van der Waals surface area contributed by atoms with Crippen LogP contribution < -0.4 is 15.8 Å². The fraction of sp³-hybridized carbons (Fsp3) is 0.278. The van der Waals surface area contributed by atoms with Crippen molar-refractivity contribution in [3.05, 3.63) is 58.1 Å². The highest BCUT2D eigenvalue weighted by Gasteiger charge is 2.45. The third-order valence-corrected chi connectivity index (χ3v) is 4.85. The Morgan fingerprint density at radius 2 is 1.92 bits per heavy atom. The molecule has 0 spiro atoms. The van der Waals surface area contributed by atoms with Gasteiger partial charge in [0.2, 0.25) is 5.91 Å². The van der Waals surface area contributed by atoms with Gasteiger partial charge in [-0.15, -0.1) is 12.4 Å². The molecule has 0 aromatic heterocycles. The molecule has 2 unspecified atom stereocenters. The van der Waals surface area contributed by atoms with E-state index in [-0.39, 0.29) is 30.2 Å². The van der Waals surface area contributed by atoms with Gasteiger partial charge in [-0.25, -0.2) is 0 Å². The Bertz CT molecular complexity index is 738. The molecular formula is C18H19Cl3N2O2. The Hall–Kier alpha value is -1.46. The second-order valence-corrected chi connectivity index (χ2v) is 6.53. The van der Waals surface area contributed by atoms with E-state index in [1.165, 1.54) is 0 Å². The van der Waals surface area contributed by atoms with Crippen molar-refractivity contribution in [2.75, 3.05) is 18.5 Å². The molecule has 1 fully saturated rings. The summed E-state index contributed by atoms with van der Waals surface area (Å²) >= 11 is 12.3. The first kappa shape index (κ1) is 19.9. The lowest BCUT2D eigenvalue weighted by atomic mass is 10.1. The van der Waals surface area contributed by atoms with Crippen molar-refractivity contribution < 1.29 is 9.53 Å². The minimum atomic E-state index is -0.0749. The van der Waals surface area contributed by atoms with Crippen molar-refractivity contribution in [1.29, 1.82) is 0 Å². The predicted octanol–water partition coefficient (Wildman–Crippen LogP) is 4.49. The first-order valence-electron chi connectivity index (χ1n) is 7.78. The largest absolute Gasteiger partial charge is 0.492 e. The fourth-order valence-electron chi connectivity index (χ4n) is 2.68. The average Bonchev–Trinajstić information content (AvgIpc) is 3.37. The molecule has 0 aliphatic heterocycles. The Kier molecular flexibility index (Phi) is 6.96. The van der Waals surface area contributed by atoms with E-state index in [0.717, 1.165) is 23.4 Å². The number of anilines is 1. The number of rotatable bonds is 6. The highest BCUT2D eigenvalue weighted by atomic mass is 35.5. The Morgan fingerprint density at radius 1 is 1.20 bits per heavy atom. The Balaban J connectivity index is 0.00000225. The molecule has 0 radical (unpaired) electrons. The number of carbonyl (C=O) groups is 1. The van der Waals surface area contributed by atoms with Crippen LogP contribution in [0.5, 0.6) is 5.75 Å². The summed E-state index contributed by atoms with van der Waals surface area (Å²) in [7, 11) is 0. The monoisotopic (exact) mass is 400 g/mol. The molecule has 134 valence electrons. The third-order valence-electron chi connectivity index (χ3n) is 4.02. The van der Waals surface area contributed by atoms with Gasteiger partial charge in [0, 0.05) is 18.2 Å². The second-order valence-electron chi connectivity index (χ2n) is 5.74. The number of ether oxygens (including phenoxy) is 1. The maximum absolute atomic E-state index is 12.4. The molecule has 3 N–H and O–H groups in total. The highest BCUT2D eigenvalue weighted by molar-refractivity contribution is 6.42. The van der Waals surface area contributed by atoms with Crippen molar-refractivity contribution in [3.63, 3.8) is 0 Å². The van der Waals surface area contributed by atoms with Crippen molar-refractivity contribution in [3.8, 4) is 5.75 Å². The molecule has 2 aromatic rings. The van der Waals surface area contributed by atoms with Gasteiger partial charge in [0.15, 0.2) is 0 Å². The van der Waals surface area contributed by atoms with Crippen LogP contribution >= 0.6 is 35.6 Å². The van der Waals surface area contributed by atoms with Crippen LogP contribution in [0.25, 0.3) is 0 Å². The molecule has 1 saturated carbocycles. The zero-order chi connectivity index (χ0) is 17.1. The molecule has 1 aliphatic rings. The van der Waals surface area contributed by atoms with Crippen LogP contribution in [-0.2, 0) is 4.79 Å². The summed E-state index contributed by atoms with van der Waals surface area (Å²) in [5.74, 6) is 0.776. The van der Waals surface area contributed by atoms with Crippen LogP contribution in [0.3, 0.4) is 0 Å². The fourth-order valence-corrected chi connectivity index (χ4v) is 3.13. The average molecular weight is 402 g/mol. The van der Waals surface area contributed by atoms with E-state index in [1.807, 2.05) is 36.4 Å². The van der Waals surface area contributed by atoms with E-state index in [4.69, 9.17) is 33.7 Å². The van der Waals surface area contributed by atoms with Crippen LogP contribution in [0.15, 0.2) is 42.5 Å². The van der Waals surface area contributed by atoms with E-state index in [0.29, 0.717) is 23.2 Å². The summed E-state index contributed by atoms with van der Waals surface area (Å²) in [5.41, 5.74) is 7.07. The van der Waals surface area contributed by atoms with Gasteiger partial charge >= 0.3 is 0 Å². The van der Waals surface area contributed by atoms with Gasteiger partial charge in [-0.3, -0.25) is 4.79 Å². The lowest BCUT2D eigenvalue weighted by Crippen LogP contribution is -2.14. The summed E-state index contributed by atoms with van der Waals surface area (Å²) < 4.78 is 5.41. The Morgan fingerprint density at radius 3 is 2.60 bits per heavy atom. The maximum atomic E-state index is 12.4. The molecule has 4 nitrogen and oxygen atoms in total. The summed E-state index contributed by atoms with van der Waals surface area (Å²) in [5, 5.41) is 3.99. The number of hydrogen-bond donors (Lipinski definition) is 2. The van der Waals surface area contributed by atoms with Crippen molar-refractivity contribution >= 4 is 47.2 Å². The van der Waals surface area contributed by atoms with E-state index in [2.05, 4.69) is 5.32 Å². The second kappa shape index (κ2) is 8.77. The minimum Gasteiger partial charge on any atom is -0.492 e. The van der Waals surface area contributed by atoms with E-state index >= 15 is 0 Å². The van der Waals surface area contributed by atoms with Gasteiger partial charge < -0.3 is 15.8 Å². The topological polar surface area (TPSA) is 64.3 Å². The minimum absolute atomic E-state index is 0. The molecule has 2 atom stereocenters. The van der Waals surface area contributed by atoms with Gasteiger partial charge in [0.05, 0.1) is 10.0 Å². The number of hydrogen-bond acceptors (Lipinski definition) is 3. The number of carbonyl (C=O) groups excluding carboxylic acids is 1. The summed E-state index contributed by atoms with van der Waals surface area (Å²) in [6, 6.07) is 12.8. The molecule has 0 bridgehead atoms. The lowest BCUT2D eigenvalue weighted by Gasteiger charge is -2.08. The smallest absolute Gasteiger partial charge is 0.228 e. The number of halogens is 3. The van der Waals surface area contributed by atoms with E-state index < -0.39 is 0 Å². The molecule has 2 aromatic carbocycles. The van der Waals surface area contributed by atoms with E-state index in [9.17, 15) is 4.79 Å². The first-order chi connectivity index (χ1) is 11.6. The molecule has 7 heteroatoms. The molecule has 25 heavy (non-hydrogen) atoms. The van der Waals surface area contributed by atoms with Crippen LogP contribution in [0.4, 0.5) is 5.69 Å². The number of nitrogens with one attached hydrogen (secondary N) is 1. The molecule has 1 amide bonds. The number of amides is 1. The maximum Gasteiger partial charge on any atom is 0.228 e.